The number of carbonyl (C=O) groups excluding carboxylic acids is 1. The third-order valence-corrected chi connectivity index (χ3v) is 4.17. The average Bonchev–Trinajstić information content (AvgIpc) is 3.10. The molecule has 0 spiro atoms. The van der Waals surface area contributed by atoms with Crippen LogP contribution in [0.1, 0.15) is 21.6 Å². The van der Waals surface area contributed by atoms with Crippen LogP contribution in [0.15, 0.2) is 72.9 Å². The van der Waals surface area contributed by atoms with E-state index >= 15 is 0 Å². The largest absolute Gasteiger partial charge is 0.573 e. The molecule has 0 aliphatic rings. The van der Waals surface area contributed by atoms with E-state index in [1.54, 1.807) is 13.1 Å². The van der Waals surface area contributed by atoms with Gasteiger partial charge in [0.25, 0.3) is 5.91 Å². The van der Waals surface area contributed by atoms with Gasteiger partial charge in [0.2, 0.25) is 0 Å². The predicted octanol–water partition coefficient (Wildman–Crippen LogP) is 4.71. The van der Waals surface area contributed by atoms with E-state index in [1.807, 2.05) is 47.2 Å². The standard InChI is InChI=1S/C21H19F3N2O2/c1-25(14-17-9-11-18(12-10-17)28-21(22,23)24)20(27)19-8-5-13-26(19)15-16-6-3-2-4-7-16/h2-13H,14-15H2,1H3. The molecule has 0 saturated heterocycles. The van der Waals surface area contributed by atoms with Crippen molar-refractivity contribution in [3.05, 3.63) is 89.7 Å². The zero-order valence-corrected chi connectivity index (χ0v) is 15.2. The zero-order valence-electron chi connectivity index (χ0n) is 15.2. The van der Waals surface area contributed by atoms with Crippen LogP contribution in [0.4, 0.5) is 13.2 Å². The minimum atomic E-state index is -4.72. The molecule has 0 atom stereocenters. The van der Waals surface area contributed by atoms with Crippen LogP contribution in [0.25, 0.3) is 0 Å². The van der Waals surface area contributed by atoms with Gasteiger partial charge in [0.05, 0.1) is 0 Å². The summed E-state index contributed by atoms with van der Waals surface area (Å²) in [5, 5.41) is 0. The molecule has 3 rings (SSSR count). The van der Waals surface area contributed by atoms with Crippen molar-refractivity contribution in [1.29, 1.82) is 0 Å². The van der Waals surface area contributed by atoms with Crippen LogP contribution in [0, 0.1) is 0 Å². The number of aromatic nitrogens is 1. The van der Waals surface area contributed by atoms with Gasteiger partial charge in [0, 0.05) is 26.3 Å². The fraction of sp³-hybridized carbons (Fsp3) is 0.190. The quantitative estimate of drug-likeness (QED) is 0.613. The summed E-state index contributed by atoms with van der Waals surface area (Å²) in [7, 11) is 1.66. The van der Waals surface area contributed by atoms with Crippen molar-refractivity contribution in [2.24, 2.45) is 0 Å². The molecule has 4 nitrogen and oxygen atoms in total. The number of hydrogen-bond donors (Lipinski definition) is 0. The molecule has 3 aromatic rings. The molecule has 1 aromatic heterocycles. The van der Waals surface area contributed by atoms with Crippen LogP contribution in [0.3, 0.4) is 0 Å². The molecule has 0 radical (unpaired) electrons. The maximum Gasteiger partial charge on any atom is 0.573 e. The summed E-state index contributed by atoms with van der Waals surface area (Å²) in [5.74, 6) is -0.460. The summed E-state index contributed by atoms with van der Waals surface area (Å²) in [4.78, 5) is 14.3. The molecule has 7 heteroatoms. The highest BCUT2D eigenvalue weighted by Gasteiger charge is 2.31. The highest BCUT2D eigenvalue weighted by Crippen LogP contribution is 2.23. The van der Waals surface area contributed by atoms with Crippen molar-refractivity contribution in [3.8, 4) is 5.75 Å². The normalized spacial score (nSPS) is 11.3. The Morgan fingerprint density at radius 1 is 0.964 bits per heavy atom. The van der Waals surface area contributed by atoms with Crippen molar-refractivity contribution in [1.82, 2.24) is 9.47 Å². The Balaban J connectivity index is 1.66. The van der Waals surface area contributed by atoms with E-state index in [2.05, 4.69) is 4.74 Å². The van der Waals surface area contributed by atoms with E-state index in [-0.39, 0.29) is 18.2 Å². The lowest BCUT2D eigenvalue weighted by Gasteiger charge is -2.19. The SMILES string of the molecule is CN(Cc1ccc(OC(F)(F)F)cc1)C(=O)c1cccn1Cc1ccccc1. The molecule has 146 valence electrons. The highest BCUT2D eigenvalue weighted by atomic mass is 19.4. The molecule has 0 unspecified atom stereocenters. The second-order valence-electron chi connectivity index (χ2n) is 6.36. The van der Waals surface area contributed by atoms with E-state index < -0.39 is 6.36 Å². The van der Waals surface area contributed by atoms with Crippen LogP contribution >= 0.6 is 0 Å². The molecule has 0 aliphatic heterocycles. The summed E-state index contributed by atoms with van der Waals surface area (Å²) in [6.07, 6.45) is -2.88. The molecule has 0 bridgehead atoms. The summed E-state index contributed by atoms with van der Waals surface area (Å²) in [6, 6.07) is 18.8. The van der Waals surface area contributed by atoms with E-state index in [1.165, 1.54) is 29.2 Å². The maximum absolute atomic E-state index is 12.8. The first kappa shape index (κ1) is 19.5. The molecule has 0 fully saturated rings. The van der Waals surface area contributed by atoms with E-state index in [4.69, 9.17) is 0 Å². The fourth-order valence-electron chi connectivity index (χ4n) is 2.86. The first-order valence-corrected chi connectivity index (χ1v) is 8.61. The third kappa shape index (κ3) is 5.16. The van der Waals surface area contributed by atoms with Gasteiger partial charge in [0.1, 0.15) is 11.4 Å². The molecule has 0 aliphatic carbocycles. The van der Waals surface area contributed by atoms with Crippen LogP contribution in [-0.4, -0.2) is 28.8 Å². The van der Waals surface area contributed by atoms with Crippen molar-refractivity contribution in [2.75, 3.05) is 7.05 Å². The molecule has 1 amide bonds. The van der Waals surface area contributed by atoms with Crippen LogP contribution < -0.4 is 4.74 Å². The lowest BCUT2D eigenvalue weighted by atomic mass is 10.2. The number of alkyl halides is 3. The number of rotatable bonds is 6. The molecular weight excluding hydrogens is 369 g/mol. The summed E-state index contributed by atoms with van der Waals surface area (Å²) in [5.41, 5.74) is 2.32. The van der Waals surface area contributed by atoms with Gasteiger partial charge in [-0.15, -0.1) is 13.2 Å². The first-order chi connectivity index (χ1) is 13.3. The molecule has 0 saturated carbocycles. The Bertz CT molecular complexity index is 919. The third-order valence-electron chi connectivity index (χ3n) is 4.17. The second kappa shape index (κ2) is 8.21. The Labute approximate surface area is 160 Å². The number of halogens is 3. The van der Waals surface area contributed by atoms with E-state index in [0.29, 0.717) is 17.8 Å². The van der Waals surface area contributed by atoms with Crippen LogP contribution in [0.2, 0.25) is 0 Å². The van der Waals surface area contributed by atoms with Gasteiger partial charge in [-0.1, -0.05) is 42.5 Å². The lowest BCUT2D eigenvalue weighted by Crippen LogP contribution is -2.28. The second-order valence-corrected chi connectivity index (χ2v) is 6.36. The Morgan fingerprint density at radius 2 is 1.64 bits per heavy atom. The summed E-state index contributed by atoms with van der Waals surface area (Å²) < 4.78 is 42.4. The molecule has 28 heavy (non-hydrogen) atoms. The topological polar surface area (TPSA) is 34.5 Å². The number of ether oxygens (including phenoxy) is 1. The van der Waals surface area contributed by atoms with E-state index in [0.717, 1.165) is 5.56 Å². The van der Waals surface area contributed by atoms with Gasteiger partial charge in [-0.2, -0.15) is 0 Å². The Hall–Kier alpha value is -3.22. The van der Waals surface area contributed by atoms with Gasteiger partial charge >= 0.3 is 6.36 Å². The maximum atomic E-state index is 12.8. The van der Waals surface area contributed by atoms with Crippen LogP contribution in [0.5, 0.6) is 5.75 Å². The highest BCUT2D eigenvalue weighted by molar-refractivity contribution is 5.92. The summed E-state index contributed by atoms with van der Waals surface area (Å²) >= 11 is 0. The number of nitrogens with zero attached hydrogens (tertiary/aromatic N) is 2. The zero-order chi connectivity index (χ0) is 20.1. The minimum Gasteiger partial charge on any atom is -0.406 e. The van der Waals surface area contributed by atoms with Gasteiger partial charge < -0.3 is 14.2 Å². The monoisotopic (exact) mass is 388 g/mol. The lowest BCUT2D eigenvalue weighted by molar-refractivity contribution is -0.274. The molecule has 2 aromatic carbocycles. The average molecular weight is 388 g/mol. The van der Waals surface area contributed by atoms with Gasteiger partial charge in [-0.25, -0.2) is 0 Å². The Morgan fingerprint density at radius 3 is 2.29 bits per heavy atom. The Kier molecular flexibility index (Phi) is 5.73. The fourth-order valence-corrected chi connectivity index (χ4v) is 2.86. The van der Waals surface area contributed by atoms with Crippen molar-refractivity contribution in [2.45, 2.75) is 19.5 Å². The molecule has 1 heterocycles. The van der Waals surface area contributed by atoms with Gasteiger partial charge in [-0.3, -0.25) is 4.79 Å². The number of amides is 1. The van der Waals surface area contributed by atoms with Crippen molar-refractivity contribution in [3.63, 3.8) is 0 Å². The summed E-state index contributed by atoms with van der Waals surface area (Å²) in [6.45, 7) is 0.841. The molecule has 0 N–H and O–H groups in total. The van der Waals surface area contributed by atoms with Crippen LogP contribution in [-0.2, 0) is 13.1 Å². The number of benzene rings is 2. The number of hydrogen-bond acceptors (Lipinski definition) is 2. The smallest absolute Gasteiger partial charge is 0.406 e. The molecular formula is C21H19F3N2O2. The number of carbonyl (C=O) groups is 1. The first-order valence-electron chi connectivity index (χ1n) is 8.61. The van der Waals surface area contributed by atoms with Crippen molar-refractivity contribution < 1.29 is 22.7 Å². The predicted molar refractivity (Wildman–Crippen MR) is 98.9 cm³/mol. The van der Waals surface area contributed by atoms with E-state index in [9.17, 15) is 18.0 Å². The van der Waals surface area contributed by atoms with Gasteiger partial charge in [-0.05, 0) is 35.4 Å². The van der Waals surface area contributed by atoms with Gasteiger partial charge in [0.15, 0.2) is 0 Å². The minimum absolute atomic E-state index is 0.170. The van der Waals surface area contributed by atoms with Crippen molar-refractivity contribution >= 4 is 5.91 Å².